The highest BCUT2D eigenvalue weighted by molar-refractivity contribution is 6.14. The summed E-state index contributed by atoms with van der Waals surface area (Å²) in [6.45, 7) is 7.79. The highest BCUT2D eigenvalue weighted by Gasteiger charge is 2.18. The average Bonchev–Trinajstić information content (AvgIpc) is 2.39. The number of hydrogen-bond donors (Lipinski definition) is 1. The Kier molecular flexibility index (Phi) is 6.60. The van der Waals surface area contributed by atoms with Gasteiger partial charge in [-0.2, -0.15) is 0 Å². The van der Waals surface area contributed by atoms with Crippen LogP contribution in [0, 0.1) is 0 Å². The Balaban J connectivity index is 2.47. The van der Waals surface area contributed by atoms with Crippen molar-refractivity contribution in [2.45, 2.75) is 6.92 Å². The molecule has 0 aromatic rings. The number of hydrogen-bond acceptors (Lipinski definition) is 5. The second kappa shape index (κ2) is 8.00. The van der Waals surface area contributed by atoms with Gasteiger partial charge in [-0.15, -0.1) is 0 Å². The molecule has 18 heavy (non-hydrogen) atoms. The van der Waals surface area contributed by atoms with Gasteiger partial charge in [0.2, 0.25) is 0 Å². The van der Waals surface area contributed by atoms with Crippen molar-refractivity contribution in [3.63, 3.8) is 0 Å². The number of nitrogens with zero attached hydrogens (tertiary/aromatic N) is 3. The molecule has 102 valence electrons. The fourth-order valence-electron chi connectivity index (χ4n) is 2.04. The fourth-order valence-corrected chi connectivity index (χ4v) is 2.04. The van der Waals surface area contributed by atoms with E-state index in [9.17, 15) is 4.79 Å². The molecule has 5 heteroatoms. The normalized spacial score (nSPS) is 19.4. The molecule has 1 heterocycles. The predicted molar refractivity (Wildman–Crippen MR) is 75.1 cm³/mol. The number of piperazine rings is 1. The third-order valence-electron chi connectivity index (χ3n) is 3.17. The van der Waals surface area contributed by atoms with Gasteiger partial charge < -0.3 is 10.2 Å². The van der Waals surface area contributed by atoms with Crippen LogP contribution in [0.4, 0.5) is 0 Å². The number of Topliss-reactive ketones (excluding diaryl/α,β-unsaturated/α-hetero) is 1. The van der Waals surface area contributed by atoms with Crippen molar-refractivity contribution in [2.75, 3.05) is 53.4 Å². The molecule has 0 aliphatic carbocycles. The molecule has 1 rings (SSSR count). The van der Waals surface area contributed by atoms with E-state index in [0.29, 0.717) is 12.1 Å². The zero-order chi connectivity index (χ0) is 13.4. The molecular weight excluding hydrogens is 228 g/mol. The molecule has 0 unspecified atom stereocenters. The average molecular weight is 252 g/mol. The van der Waals surface area contributed by atoms with E-state index in [-0.39, 0.29) is 5.78 Å². The predicted octanol–water partition coefficient (Wildman–Crippen LogP) is -0.00310. The maximum Gasteiger partial charge on any atom is 0.179 e. The molecule has 1 N–H and O–H groups in total. The molecule has 1 saturated heterocycles. The molecule has 0 aromatic heterocycles. The second-order valence-corrected chi connectivity index (χ2v) is 4.41. The quantitative estimate of drug-likeness (QED) is 0.534. The smallest absolute Gasteiger partial charge is 0.179 e. The third kappa shape index (κ3) is 4.58. The largest absolute Gasteiger partial charge is 0.393 e. The first-order chi connectivity index (χ1) is 8.71. The van der Waals surface area contributed by atoms with Crippen LogP contribution in [0.5, 0.6) is 0 Å². The van der Waals surface area contributed by atoms with Gasteiger partial charge in [0, 0.05) is 52.7 Å². The first-order valence-electron chi connectivity index (χ1n) is 6.48. The number of nitrogens with one attached hydrogen (secondary N) is 1. The molecule has 0 saturated carbocycles. The molecule has 0 aromatic carbocycles. The SMILES string of the molecule is CCN1CCN(CC(=O)/C(C=NC)=C/NC)CC1. The lowest BCUT2D eigenvalue weighted by molar-refractivity contribution is -0.116. The lowest BCUT2D eigenvalue weighted by Gasteiger charge is -2.33. The van der Waals surface area contributed by atoms with E-state index in [4.69, 9.17) is 0 Å². The zero-order valence-electron chi connectivity index (χ0n) is 11.6. The Labute approximate surface area is 110 Å². The molecule has 1 aliphatic rings. The van der Waals surface area contributed by atoms with Gasteiger partial charge in [-0.1, -0.05) is 6.92 Å². The molecule has 0 atom stereocenters. The number of aliphatic imine (C=N–C) groups is 1. The first-order valence-corrected chi connectivity index (χ1v) is 6.48. The van der Waals surface area contributed by atoms with Crippen LogP contribution in [-0.2, 0) is 4.79 Å². The Hall–Kier alpha value is -1.20. The maximum atomic E-state index is 12.1. The van der Waals surface area contributed by atoms with Crippen LogP contribution in [0.15, 0.2) is 16.8 Å². The summed E-state index contributed by atoms with van der Waals surface area (Å²) in [5.41, 5.74) is 0.637. The van der Waals surface area contributed by atoms with Crippen molar-refractivity contribution in [3.8, 4) is 0 Å². The van der Waals surface area contributed by atoms with E-state index in [2.05, 4.69) is 27.0 Å². The number of carbonyl (C=O) groups is 1. The van der Waals surface area contributed by atoms with Crippen molar-refractivity contribution < 1.29 is 4.79 Å². The minimum absolute atomic E-state index is 0.125. The second-order valence-electron chi connectivity index (χ2n) is 4.41. The minimum atomic E-state index is 0.125. The summed E-state index contributed by atoms with van der Waals surface area (Å²) in [6.07, 6.45) is 3.32. The molecule has 1 fully saturated rings. The van der Waals surface area contributed by atoms with Crippen LogP contribution < -0.4 is 5.32 Å². The summed E-state index contributed by atoms with van der Waals surface area (Å²) >= 11 is 0. The molecule has 0 bridgehead atoms. The van der Waals surface area contributed by atoms with Crippen LogP contribution in [0.2, 0.25) is 0 Å². The van der Waals surface area contributed by atoms with E-state index in [1.165, 1.54) is 0 Å². The van der Waals surface area contributed by atoms with Gasteiger partial charge in [0.25, 0.3) is 0 Å². The minimum Gasteiger partial charge on any atom is -0.393 e. The summed E-state index contributed by atoms with van der Waals surface area (Å²) in [5.74, 6) is 0.125. The Morgan fingerprint density at radius 1 is 1.28 bits per heavy atom. The van der Waals surface area contributed by atoms with Crippen molar-refractivity contribution in [3.05, 3.63) is 11.8 Å². The molecule has 0 radical (unpaired) electrons. The Morgan fingerprint density at radius 2 is 1.89 bits per heavy atom. The van der Waals surface area contributed by atoms with E-state index in [1.54, 1.807) is 26.5 Å². The van der Waals surface area contributed by atoms with Crippen molar-refractivity contribution in [2.24, 2.45) is 4.99 Å². The number of likely N-dealkylation sites (N-methyl/N-ethyl adjacent to an activating group) is 1. The third-order valence-corrected chi connectivity index (χ3v) is 3.17. The first kappa shape index (κ1) is 14.9. The Bertz CT molecular complexity index is 317. The van der Waals surface area contributed by atoms with Crippen LogP contribution >= 0.6 is 0 Å². The summed E-state index contributed by atoms with van der Waals surface area (Å²) < 4.78 is 0. The highest BCUT2D eigenvalue weighted by atomic mass is 16.1. The van der Waals surface area contributed by atoms with Gasteiger partial charge >= 0.3 is 0 Å². The lowest BCUT2D eigenvalue weighted by Crippen LogP contribution is -2.47. The zero-order valence-corrected chi connectivity index (χ0v) is 11.6. The van der Waals surface area contributed by atoms with E-state index < -0.39 is 0 Å². The van der Waals surface area contributed by atoms with Gasteiger partial charge in [-0.3, -0.25) is 14.7 Å². The molecule has 0 spiro atoms. The van der Waals surface area contributed by atoms with Crippen molar-refractivity contribution in [1.29, 1.82) is 0 Å². The van der Waals surface area contributed by atoms with Gasteiger partial charge in [-0.05, 0) is 6.54 Å². The van der Waals surface area contributed by atoms with E-state index >= 15 is 0 Å². The van der Waals surface area contributed by atoms with Gasteiger partial charge in [0.15, 0.2) is 5.78 Å². The number of rotatable bonds is 6. The van der Waals surface area contributed by atoms with Crippen molar-refractivity contribution in [1.82, 2.24) is 15.1 Å². The van der Waals surface area contributed by atoms with Gasteiger partial charge in [0.05, 0.1) is 12.1 Å². The molecule has 0 amide bonds. The molecular formula is C13H24N4O. The van der Waals surface area contributed by atoms with Crippen molar-refractivity contribution >= 4 is 12.0 Å². The maximum absolute atomic E-state index is 12.1. The van der Waals surface area contributed by atoms with Crippen LogP contribution in [0.3, 0.4) is 0 Å². The van der Waals surface area contributed by atoms with E-state index in [0.717, 1.165) is 32.7 Å². The fraction of sp³-hybridized carbons (Fsp3) is 0.692. The summed E-state index contributed by atoms with van der Waals surface area (Å²) in [4.78, 5) is 20.6. The lowest BCUT2D eigenvalue weighted by atomic mass is 10.1. The number of carbonyl (C=O) groups excluding carboxylic acids is 1. The Morgan fingerprint density at radius 3 is 2.39 bits per heavy atom. The summed E-state index contributed by atoms with van der Waals surface area (Å²) in [6, 6.07) is 0. The van der Waals surface area contributed by atoms with Crippen LogP contribution in [0.25, 0.3) is 0 Å². The standard InChI is InChI=1S/C13H24N4O/c1-4-16-5-7-17(8-6-16)11-13(18)12(9-14-2)10-15-3/h9-10,14H,4-8,11H2,1-3H3/b12-9+,15-10?. The van der Waals surface area contributed by atoms with Crippen LogP contribution in [-0.4, -0.2) is 75.2 Å². The van der Waals surface area contributed by atoms with Gasteiger partial charge in [-0.25, -0.2) is 0 Å². The molecule has 1 aliphatic heterocycles. The highest BCUT2D eigenvalue weighted by Crippen LogP contribution is 2.03. The molecule has 5 nitrogen and oxygen atoms in total. The summed E-state index contributed by atoms with van der Waals surface area (Å²) in [7, 11) is 3.47. The number of ketones is 1. The monoisotopic (exact) mass is 252 g/mol. The van der Waals surface area contributed by atoms with Gasteiger partial charge in [0.1, 0.15) is 0 Å². The topological polar surface area (TPSA) is 47.9 Å². The summed E-state index contributed by atoms with van der Waals surface area (Å²) in [5, 5.41) is 2.89. The van der Waals surface area contributed by atoms with Crippen LogP contribution in [0.1, 0.15) is 6.92 Å². The van der Waals surface area contributed by atoms with E-state index in [1.807, 2.05) is 0 Å².